The fourth-order valence-corrected chi connectivity index (χ4v) is 1.63. The van der Waals surface area contributed by atoms with E-state index in [4.69, 9.17) is 4.74 Å². The molecular formula is C11H20NO2. The molecule has 0 aliphatic heterocycles. The van der Waals surface area contributed by atoms with Gasteiger partial charge in [-0.25, -0.2) is 10.1 Å². The standard InChI is InChI=1S/C11H20NO2/c1-11(2,3)12-10(13)14-9-7-5-4-6-8-9/h9H,4-8H2,1-3H3. The van der Waals surface area contributed by atoms with Crippen molar-refractivity contribution in [2.75, 3.05) is 0 Å². The monoisotopic (exact) mass is 198 g/mol. The van der Waals surface area contributed by atoms with Gasteiger partial charge in [0.2, 0.25) is 0 Å². The van der Waals surface area contributed by atoms with Crippen molar-refractivity contribution in [2.45, 2.75) is 64.5 Å². The van der Waals surface area contributed by atoms with Crippen LogP contribution in [0.5, 0.6) is 0 Å². The normalized spacial score (nSPS) is 19.1. The Hall–Kier alpha value is -0.730. The molecule has 3 heteroatoms. The maximum atomic E-state index is 11.3. The van der Waals surface area contributed by atoms with Gasteiger partial charge >= 0.3 is 6.09 Å². The molecule has 1 radical (unpaired) electrons. The molecule has 3 nitrogen and oxygen atoms in total. The van der Waals surface area contributed by atoms with E-state index in [1.54, 1.807) is 0 Å². The van der Waals surface area contributed by atoms with Gasteiger partial charge in [-0.1, -0.05) is 6.42 Å². The van der Waals surface area contributed by atoms with Gasteiger partial charge in [0.25, 0.3) is 0 Å². The van der Waals surface area contributed by atoms with Gasteiger partial charge in [0, 0.05) is 0 Å². The van der Waals surface area contributed by atoms with Crippen LogP contribution in [-0.2, 0) is 4.74 Å². The lowest BCUT2D eigenvalue weighted by Gasteiger charge is -2.23. The smallest absolute Gasteiger partial charge is 0.429 e. The molecule has 0 aromatic heterocycles. The molecule has 0 spiro atoms. The summed E-state index contributed by atoms with van der Waals surface area (Å²) in [4.78, 5) is 11.3. The van der Waals surface area contributed by atoms with Crippen molar-refractivity contribution in [1.29, 1.82) is 0 Å². The molecule has 0 aromatic carbocycles. The van der Waals surface area contributed by atoms with Crippen LogP contribution >= 0.6 is 0 Å². The predicted octanol–water partition coefficient (Wildman–Crippen LogP) is 2.86. The Labute approximate surface area is 86.2 Å². The van der Waals surface area contributed by atoms with Gasteiger partial charge in [-0.05, 0) is 46.5 Å². The van der Waals surface area contributed by atoms with Crippen LogP contribution in [0.25, 0.3) is 0 Å². The van der Waals surface area contributed by atoms with Crippen molar-refractivity contribution >= 4 is 6.09 Å². The van der Waals surface area contributed by atoms with Crippen LogP contribution < -0.4 is 5.32 Å². The topological polar surface area (TPSA) is 40.4 Å². The van der Waals surface area contributed by atoms with Crippen LogP contribution in [0.4, 0.5) is 4.79 Å². The highest BCUT2D eigenvalue weighted by atomic mass is 16.6. The Kier molecular flexibility index (Phi) is 3.78. The highest BCUT2D eigenvalue weighted by Gasteiger charge is 2.22. The van der Waals surface area contributed by atoms with Gasteiger partial charge in [0.1, 0.15) is 6.10 Å². The third-order valence-corrected chi connectivity index (χ3v) is 2.25. The third-order valence-electron chi connectivity index (χ3n) is 2.25. The molecule has 14 heavy (non-hydrogen) atoms. The molecule has 0 atom stereocenters. The van der Waals surface area contributed by atoms with Crippen molar-refractivity contribution < 1.29 is 9.53 Å². The SMILES string of the molecule is CC(C)(C)[N]C(=O)OC1CCCCC1. The Balaban J connectivity index is 2.25. The number of carbonyl (C=O) groups is 1. The molecule has 0 aromatic rings. The summed E-state index contributed by atoms with van der Waals surface area (Å²) in [5, 5.41) is 3.94. The molecule has 81 valence electrons. The second-order valence-corrected chi connectivity index (χ2v) is 4.93. The summed E-state index contributed by atoms with van der Waals surface area (Å²) in [7, 11) is 0. The van der Waals surface area contributed by atoms with Crippen LogP contribution in [0.1, 0.15) is 52.9 Å². The minimum atomic E-state index is -0.399. The lowest BCUT2D eigenvalue weighted by atomic mass is 9.98. The first-order valence-corrected chi connectivity index (χ1v) is 5.41. The average Bonchev–Trinajstić information content (AvgIpc) is 2.02. The zero-order valence-electron chi connectivity index (χ0n) is 9.38. The Morgan fingerprint density at radius 2 is 1.79 bits per heavy atom. The fourth-order valence-electron chi connectivity index (χ4n) is 1.63. The molecule has 0 saturated heterocycles. The largest absolute Gasteiger partial charge is 0.445 e. The van der Waals surface area contributed by atoms with Crippen LogP contribution in [-0.4, -0.2) is 17.7 Å². The Bertz CT molecular complexity index is 190. The van der Waals surface area contributed by atoms with Gasteiger partial charge < -0.3 is 4.74 Å². The van der Waals surface area contributed by atoms with Crippen molar-refractivity contribution in [3.63, 3.8) is 0 Å². The minimum Gasteiger partial charge on any atom is -0.445 e. The fraction of sp³-hybridized carbons (Fsp3) is 0.909. The van der Waals surface area contributed by atoms with E-state index >= 15 is 0 Å². The molecular weight excluding hydrogens is 178 g/mol. The molecule has 0 unspecified atom stereocenters. The predicted molar refractivity (Wildman–Crippen MR) is 55.2 cm³/mol. The van der Waals surface area contributed by atoms with E-state index in [0.717, 1.165) is 12.8 Å². The van der Waals surface area contributed by atoms with Crippen LogP contribution in [0.2, 0.25) is 0 Å². The number of nitrogens with zero attached hydrogens (tertiary/aromatic N) is 1. The van der Waals surface area contributed by atoms with Crippen LogP contribution in [0, 0.1) is 0 Å². The van der Waals surface area contributed by atoms with E-state index in [-0.39, 0.29) is 11.6 Å². The van der Waals surface area contributed by atoms with Crippen LogP contribution in [0.15, 0.2) is 0 Å². The second kappa shape index (κ2) is 4.67. The lowest BCUT2D eigenvalue weighted by Crippen LogP contribution is -2.36. The van der Waals surface area contributed by atoms with Crippen molar-refractivity contribution in [2.24, 2.45) is 0 Å². The van der Waals surface area contributed by atoms with E-state index < -0.39 is 6.09 Å². The zero-order valence-corrected chi connectivity index (χ0v) is 9.38. The Morgan fingerprint density at radius 3 is 2.29 bits per heavy atom. The molecule has 1 aliphatic rings. The van der Waals surface area contributed by atoms with Gasteiger partial charge in [-0.15, -0.1) is 0 Å². The average molecular weight is 198 g/mol. The maximum Gasteiger partial charge on any atom is 0.429 e. The summed E-state index contributed by atoms with van der Waals surface area (Å²) < 4.78 is 5.26. The first kappa shape index (κ1) is 11.3. The second-order valence-electron chi connectivity index (χ2n) is 4.93. The highest BCUT2D eigenvalue weighted by molar-refractivity contribution is 5.67. The molecule has 1 rings (SSSR count). The summed E-state index contributed by atoms with van der Waals surface area (Å²) in [5.74, 6) is 0. The molecule has 1 aliphatic carbocycles. The quantitative estimate of drug-likeness (QED) is 0.650. The number of amides is 1. The summed E-state index contributed by atoms with van der Waals surface area (Å²) in [6.45, 7) is 5.69. The first-order chi connectivity index (χ1) is 6.47. The summed E-state index contributed by atoms with van der Waals surface area (Å²) in [6, 6.07) is 0. The molecule has 1 saturated carbocycles. The van der Waals surface area contributed by atoms with Gasteiger partial charge in [-0.3, -0.25) is 0 Å². The maximum absolute atomic E-state index is 11.3. The number of ether oxygens (including phenoxy) is 1. The van der Waals surface area contributed by atoms with E-state index in [2.05, 4.69) is 5.32 Å². The van der Waals surface area contributed by atoms with Crippen molar-refractivity contribution in [3.05, 3.63) is 0 Å². The summed E-state index contributed by atoms with van der Waals surface area (Å²) >= 11 is 0. The minimum absolute atomic E-state index is 0.113. The van der Waals surface area contributed by atoms with Crippen LogP contribution in [0.3, 0.4) is 0 Å². The van der Waals surface area contributed by atoms with Gasteiger partial charge in [0.05, 0.1) is 5.54 Å². The summed E-state index contributed by atoms with van der Waals surface area (Å²) in [6.07, 6.45) is 5.34. The lowest BCUT2D eigenvalue weighted by molar-refractivity contribution is 0.0692. The van der Waals surface area contributed by atoms with E-state index in [1.165, 1.54) is 19.3 Å². The summed E-state index contributed by atoms with van der Waals surface area (Å²) in [5.41, 5.74) is -0.328. The number of hydrogen-bond acceptors (Lipinski definition) is 2. The van der Waals surface area contributed by atoms with Crippen molar-refractivity contribution in [1.82, 2.24) is 5.32 Å². The molecule has 0 heterocycles. The molecule has 1 fully saturated rings. The van der Waals surface area contributed by atoms with E-state index in [9.17, 15) is 4.79 Å². The number of rotatable bonds is 1. The van der Waals surface area contributed by atoms with Gasteiger partial charge in [0.15, 0.2) is 0 Å². The van der Waals surface area contributed by atoms with Gasteiger partial charge in [-0.2, -0.15) is 0 Å². The zero-order chi connectivity index (χ0) is 10.6. The number of carbonyl (C=O) groups excluding carboxylic acids is 1. The third kappa shape index (κ3) is 4.49. The Morgan fingerprint density at radius 1 is 1.21 bits per heavy atom. The molecule has 0 bridgehead atoms. The van der Waals surface area contributed by atoms with E-state index in [0.29, 0.717) is 0 Å². The first-order valence-electron chi connectivity index (χ1n) is 5.41. The highest BCUT2D eigenvalue weighted by Crippen LogP contribution is 2.20. The molecule has 0 N–H and O–H groups in total. The van der Waals surface area contributed by atoms with Crippen molar-refractivity contribution in [3.8, 4) is 0 Å². The van der Waals surface area contributed by atoms with E-state index in [1.807, 2.05) is 20.8 Å². The molecule has 1 amide bonds. The number of hydrogen-bond donors (Lipinski definition) is 0.